The lowest BCUT2D eigenvalue weighted by molar-refractivity contribution is -0.00434. The van der Waals surface area contributed by atoms with Crippen molar-refractivity contribution in [3.8, 4) is 0 Å². The van der Waals surface area contributed by atoms with Crippen LogP contribution in [-0.2, 0) is 11.2 Å². The van der Waals surface area contributed by atoms with Gasteiger partial charge in [0.05, 0.1) is 19.3 Å². The molecule has 4 nitrogen and oxygen atoms in total. The van der Waals surface area contributed by atoms with Crippen LogP contribution in [0.15, 0.2) is 24.3 Å². The highest BCUT2D eigenvalue weighted by Gasteiger charge is 2.27. The molecule has 1 atom stereocenters. The lowest BCUT2D eigenvalue weighted by Gasteiger charge is -2.35. The smallest absolute Gasteiger partial charge is 0.254 e. The minimum atomic E-state index is 0.170. The van der Waals surface area contributed by atoms with Gasteiger partial charge in [-0.15, -0.1) is 0 Å². The Morgan fingerprint density at radius 1 is 1.33 bits per heavy atom. The molecule has 0 saturated carbocycles. The molecule has 2 heterocycles. The Balaban J connectivity index is 1.68. The number of carbonyl (C=O) groups is 1. The van der Waals surface area contributed by atoms with Gasteiger partial charge < -0.3 is 15.0 Å². The van der Waals surface area contributed by atoms with Crippen LogP contribution in [-0.4, -0.2) is 49.7 Å². The van der Waals surface area contributed by atoms with Crippen molar-refractivity contribution >= 4 is 5.91 Å². The van der Waals surface area contributed by atoms with Crippen molar-refractivity contribution in [2.45, 2.75) is 45.1 Å². The number of piperidine rings is 1. The molecule has 1 aromatic rings. The molecular weight excluding hydrogens is 300 g/mol. The third-order valence-corrected chi connectivity index (χ3v) is 5.27. The zero-order valence-electron chi connectivity index (χ0n) is 14.8. The maximum Gasteiger partial charge on any atom is 0.254 e. The first-order chi connectivity index (χ1) is 11.8. The standard InChI is InChI=1S/C20H30N2O2/c1-2-4-19-15-24-12-11-22(19)20(23)18-6-3-5-17(14-18)13-16-7-9-21-10-8-16/h3,5-6,14,16,19,21H,2,4,7-13,15H2,1H3/t19-/m1/s1. The van der Waals surface area contributed by atoms with Crippen molar-refractivity contribution in [2.75, 3.05) is 32.8 Å². The first-order valence-electron chi connectivity index (χ1n) is 9.46. The van der Waals surface area contributed by atoms with Crippen molar-refractivity contribution in [1.29, 1.82) is 0 Å². The first kappa shape index (κ1) is 17.4. The van der Waals surface area contributed by atoms with E-state index < -0.39 is 0 Å². The van der Waals surface area contributed by atoms with Crippen molar-refractivity contribution in [1.82, 2.24) is 10.2 Å². The molecule has 132 valence electrons. The first-order valence-corrected chi connectivity index (χ1v) is 9.46. The van der Waals surface area contributed by atoms with E-state index >= 15 is 0 Å². The third kappa shape index (κ3) is 4.37. The average Bonchev–Trinajstić information content (AvgIpc) is 2.63. The van der Waals surface area contributed by atoms with Crippen LogP contribution >= 0.6 is 0 Å². The monoisotopic (exact) mass is 330 g/mol. The quantitative estimate of drug-likeness (QED) is 0.902. The molecule has 3 rings (SSSR count). The Morgan fingerprint density at radius 2 is 2.17 bits per heavy atom. The van der Waals surface area contributed by atoms with Crippen LogP contribution in [0, 0.1) is 5.92 Å². The number of benzene rings is 1. The fourth-order valence-electron chi connectivity index (χ4n) is 3.91. The lowest BCUT2D eigenvalue weighted by atomic mass is 9.90. The van der Waals surface area contributed by atoms with Crippen molar-refractivity contribution in [3.05, 3.63) is 35.4 Å². The van der Waals surface area contributed by atoms with Gasteiger partial charge in [0, 0.05) is 12.1 Å². The van der Waals surface area contributed by atoms with Gasteiger partial charge in [-0.25, -0.2) is 0 Å². The highest BCUT2D eigenvalue weighted by Crippen LogP contribution is 2.21. The predicted octanol–water partition coefficient (Wildman–Crippen LogP) is 2.87. The van der Waals surface area contributed by atoms with Gasteiger partial charge in [-0.3, -0.25) is 4.79 Å². The summed E-state index contributed by atoms with van der Waals surface area (Å²) in [6, 6.07) is 8.51. The summed E-state index contributed by atoms with van der Waals surface area (Å²) in [5.41, 5.74) is 2.14. The Bertz CT molecular complexity index is 538. The summed E-state index contributed by atoms with van der Waals surface area (Å²) >= 11 is 0. The lowest BCUT2D eigenvalue weighted by Crippen LogP contribution is -2.48. The molecule has 4 heteroatoms. The van der Waals surface area contributed by atoms with Gasteiger partial charge >= 0.3 is 0 Å². The molecular formula is C20H30N2O2. The Hall–Kier alpha value is -1.39. The second-order valence-electron chi connectivity index (χ2n) is 7.11. The molecule has 1 amide bonds. The molecule has 2 aliphatic heterocycles. The van der Waals surface area contributed by atoms with Gasteiger partial charge in [0.25, 0.3) is 5.91 Å². The predicted molar refractivity (Wildman–Crippen MR) is 96.3 cm³/mol. The number of nitrogens with zero attached hydrogens (tertiary/aromatic N) is 1. The van der Waals surface area contributed by atoms with Crippen LogP contribution < -0.4 is 5.32 Å². The van der Waals surface area contributed by atoms with Crippen LogP contribution in [0.5, 0.6) is 0 Å². The van der Waals surface area contributed by atoms with Gasteiger partial charge in [0.2, 0.25) is 0 Å². The molecule has 0 aromatic heterocycles. The molecule has 1 N–H and O–H groups in total. The number of hydrogen-bond acceptors (Lipinski definition) is 3. The molecule has 2 saturated heterocycles. The number of carbonyl (C=O) groups excluding carboxylic acids is 1. The molecule has 2 aliphatic rings. The maximum absolute atomic E-state index is 13.0. The number of amides is 1. The van der Waals surface area contributed by atoms with E-state index in [1.807, 2.05) is 17.0 Å². The van der Waals surface area contributed by atoms with E-state index in [4.69, 9.17) is 4.74 Å². The Morgan fingerprint density at radius 3 is 2.96 bits per heavy atom. The fourth-order valence-corrected chi connectivity index (χ4v) is 3.91. The Kier molecular flexibility index (Phi) is 6.27. The van der Waals surface area contributed by atoms with E-state index in [1.54, 1.807) is 0 Å². The largest absolute Gasteiger partial charge is 0.377 e. The summed E-state index contributed by atoms with van der Waals surface area (Å²) in [6.07, 6.45) is 5.65. The highest BCUT2D eigenvalue weighted by atomic mass is 16.5. The molecule has 0 aliphatic carbocycles. The number of rotatable bonds is 5. The summed E-state index contributed by atoms with van der Waals surface area (Å²) in [6.45, 7) is 6.44. The molecule has 1 aromatic carbocycles. The molecule has 0 bridgehead atoms. The SMILES string of the molecule is CCC[C@@H]1COCCN1C(=O)c1cccc(CC2CCNCC2)c1. The van der Waals surface area contributed by atoms with E-state index in [9.17, 15) is 4.79 Å². The van der Waals surface area contributed by atoms with Gasteiger partial charge in [0.1, 0.15) is 0 Å². The van der Waals surface area contributed by atoms with Gasteiger partial charge in [-0.05, 0) is 62.4 Å². The van der Waals surface area contributed by atoms with Crippen LogP contribution in [0.25, 0.3) is 0 Å². The van der Waals surface area contributed by atoms with Crippen LogP contribution in [0.3, 0.4) is 0 Å². The van der Waals surface area contributed by atoms with Gasteiger partial charge in [-0.1, -0.05) is 25.5 Å². The minimum Gasteiger partial charge on any atom is -0.377 e. The second kappa shape index (κ2) is 8.63. The second-order valence-corrected chi connectivity index (χ2v) is 7.11. The normalized spacial score (nSPS) is 22.5. The van der Waals surface area contributed by atoms with E-state index in [0.29, 0.717) is 19.8 Å². The summed E-state index contributed by atoms with van der Waals surface area (Å²) in [5, 5.41) is 3.42. The highest BCUT2D eigenvalue weighted by molar-refractivity contribution is 5.94. The fraction of sp³-hybridized carbons (Fsp3) is 0.650. The summed E-state index contributed by atoms with van der Waals surface area (Å²) in [4.78, 5) is 15.0. The topological polar surface area (TPSA) is 41.6 Å². The van der Waals surface area contributed by atoms with Crippen LogP contribution in [0.4, 0.5) is 0 Å². The molecule has 24 heavy (non-hydrogen) atoms. The average molecular weight is 330 g/mol. The molecule has 0 unspecified atom stereocenters. The molecule has 2 fully saturated rings. The molecule has 0 spiro atoms. The van der Waals surface area contributed by atoms with Crippen molar-refractivity contribution < 1.29 is 9.53 Å². The summed E-state index contributed by atoms with van der Waals surface area (Å²) in [7, 11) is 0. The van der Waals surface area contributed by atoms with E-state index in [2.05, 4.69) is 24.4 Å². The van der Waals surface area contributed by atoms with E-state index in [0.717, 1.165) is 43.8 Å². The summed E-state index contributed by atoms with van der Waals surface area (Å²) in [5.74, 6) is 0.914. The molecule has 0 radical (unpaired) electrons. The zero-order valence-corrected chi connectivity index (χ0v) is 14.8. The van der Waals surface area contributed by atoms with Crippen molar-refractivity contribution in [3.63, 3.8) is 0 Å². The Labute approximate surface area is 145 Å². The van der Waals surface area contributed by atoms with Crippen LogP contribution in [0.1, 0.15) is 48.5 Å². The minimum absolute atomic E-state index is 0.170. The van der Waals surface area contributed by atoms with E-state index in [-0.39, 0.29) is 11.9 Å². The van der Waals surface area contributed by atoms with Gasteiger partial charge in [0.15, 0.2) is 0 Å². The number of ether oxygens (including phenoxy) is 1. The van der Waals surface area contributed by atoms with Crippen molar-refractivity contribution in [2.24, 2.45) is 5.92 Å². The summed E-state index contributed by atoms with van der Waals surface area (Å²) < 4.78 is 5.58. The maximum atomic E-state index is 13.0. The van der Waals surface area contributed by atoms with Crippen LogP contribution in [0.2, 0.25) is 0 Å². The zero-order chi connectivity index (χ0) is 16.8. The third-order valence-electron chi connectivity index (χ3n) is 5.27. The van der Waals surface area contributed by atoms with Gasteiger partial charge in [-0.2, -0.15) is 0 Å². The number of morpholine rings is 1. The van der Waals surface area contributed by atoms with E-state index in [1.165, 1.54) is 18.4 Å². The number of hydrogen-bond donors (Lipinski definition) is 1. The number of nitrogens with one attached hydrogen (secondary N) is 1.